The van der Waals surface area contributed by atoms with Crippen LogP contribution in [0.3, 0.4) is 0 Å². The van der Waals surface area contributed by atoms with E-state index in [0.29, 0.717) is 18.9 Å². The van der Waals surface area contributed by atoms with E-state index in [0.717, 1.165) is 12.8 Å². The third-order valence-electron chi connectivity index (χ3n) is 2.11. The third kappa shape index (κ3) is 7.39. The summed E-state index contributed by atoms with van der Waals surface area (Å²) in [6, 6.07) is 0. The average molecular weight is 259 g/mol. The first-order valence-electron chi connectivity index (χ1n) is 5.56. The highest BCUT2D eigenvalue weighted by Gasteiger charge is 2.18. The summed E-state index contributed by atoms with van der Waals surface area (Å²) in [6.45, 7) is 0.394. The zero-order valence-electron chi connectivity index (χ0n) is 9.89. The van der Waals surface area contributed by atoms with E-state index in [1.54, 1.807) is 0 Å². The van der Waals surface area contributed by atoms with Gasteiger partial charge in [0.05, 0.1) is 0 Å². The number of nitrogens with one attached hydrogen (secondary N) is 1. The first-order chi connectivity index (χ1) is 8.49. The van der Waals surface area contributed by atoms with E-state index in [9.17, 15) is 14.4 Å². The second-order valence-corrected chi connectivity index (χ2v) is 3.60. The lowest BCUT2D eigenvalue weighted by molar-refractivity contribution is -0.137. The summed E-state index contributed by atoms with van der Waals surface area (Å²) in [6.07, 6.45) is 3.32. The van der Waals surface area contributed by atoms with Gasteiger partial charge in [-0.2, -0.15) is 0 Å². The van der Waals surface area contributed by atoms with Crippen LogP contribution in [0.15, 0.2) is 11.6 Å². The van der Waals surface area contributed by atoms with Crippen LogP contribution in [0.1, 0.15) is 25.7 Å². The molecule has 0 atom stereocenters. The van der Waals surface area contributed by atoms with E-state index < -0.39 is 23.4 Å². The number of unbranched alkanes of at least 4 members (excludes halogenated alkanes) is 3. The molecule has 0 saturated heterocycles. The number of amides is 1. The van der Waals surface area contributed by atoms with Crippen LogP contribution in [0.25, 0.3) is 0 Å². The van der Waals surface area contributed by atoms with E-state index in [1.165, 1.54) is 0 Å². The van der Waals surface area contributed by atoms with Crippen molar-refractivity contribution in [3.8, 4) is 0 Å². The molecule has 0 bridgehead atoms. The molecule has 0 spiro atoms. The Balaban J connectivity index is 4.06. The zero-order chi connectivity index (χ0) is 14.0. The summed E-state index contributed by atoms with van der Waals surface area (Å²) in [7, 11) is 0. The van der Waals surface area contributed by atoms with Gasteiger partial charge in [-0.25, -0.2) is 9.59 Å². The lowest BCUT2D eigenvalue weighted by Gasteiger charge is -2.05. The molecule has 0 rings (SSSR count). The molecule has 0 radical (unpaired) electrons. The van der Waals surface area contributed by atoms with Crippen LogP contribution >= 0.6 is 0 Å². The molecule has 0 aliphatic heterocycles. The highest BCUT2D eigenvalue weighted by atomic mass is 16.4. The van der Waals surface area contributed by atoms with Crippen LogP contribution in [0.4, 0.5) is 0 Å². The normalized spacial score (nSPS) is 11.1. The Morgan fingerprint density at radius 3 is 2.11 bits per heavy atom. The minimum absolute atomic E-state index is 0.122. The lowest BCUT2D eigenvalue weighted by Crippen LogP contribution is -2.29. The molecule has 102 valence electrons. The van der Waals surface area contributed by atoms with E-state index in [-0.39, 0.29) is 13.2 Å². The molecule has 0 aliphatic carbocycles. The second-order valence-electron chi connectivity index (χ2n) is 3.60. The first-order valence-corrected chi connectivity index (χ1v) is 5.56. The Hall–Kier alpha value is -1.89. The van der Waals surface area contributed by atoms with Crippen molar-refractivity contribution in [2.45, 2.75) is 25.7 Å². The summed E-state index contributed by atoms with van der Waals surface area (Å²) in [5.41, 5.74) is -0.794. The maximum atomic E-state index is 11.3. The minimum Gasteiger partial charge on any atom is -0.478 e. The van der Waals surface area contributed by atoms with Crippen LogP contribution in [-0.4, -0.2) is 46.3 Å². The fourth-order valence-electron chi connectivity index (χ4n) is 1.24. The number of hydrogen-bond donors (Lipinski definition) is 4. The van der Waals surface area contributed by atoms with Gasteiger partial charge in [0.2, 0.25) is 0 Å². The molecule has 7 heteroatoms. The number of aliphatic carboxylic acids is 2. The molecule has 4 N–H and O–H groups in total. The number of carboxylic acid groups (broad SMARTS) is 2. The fraction of sp³-hybridized carbons (Fsp3) is 0.545. The van der Waals surface area contributed by atoms with E-state index >= 15 is 0 Å². The number of rotatable bonds is 9. The zero-order valence-corrected chi connectivity index (χ0v) is 9.89. The van der Waals surface area contributed by atoms with Crippen molar-refractivity contribution in [3.05, 3.63) is 11.6 Å². The molecule has 0 aromatic rings. The van der Waals surface area contributed by atoms with Crippen molar-refractivity contribution >= 4 is 17.8 Å². The highest BCUT2D eigenvalue weighted by molar-refractivity contribution is 6.18. The molecule has 0 heterocycles. The summed E-state index contributed by atoms with van der Waals surface area (Å²) >= 11 is 0. The standard InChI is InChI=1S/C11H17NO6/c13-6-4-2-1-3-5-12-10(16)8(11(17)18)7-9(14)15/h7,13H,1-6H2,(H,12,16)(H,14,15)(H,17,18)/b8-7+. The van der Waals surface area contributed by atoms with Gasteiger partial charge in [-0.05, 0) is 12.8 Å². The summed E-state index contributed by atoms with van der Waals surface area (Å²) in [4.78, 5) is 32.3. The number of carbonyl (C=O) groups excluding carboxylic acids is 1. The van der Waals surface area contributed by atoms with Crippen molar-refractivity contribution < 1.29 is 29.7 Å². The number of carbonyl (C=O) groups is 3. The van der Waals surface area contributed by atoms with E-state index in [2.05, 4.69) is 5.32 Å². The quantitative estimate of drug-likeness (QED) is 0.196. The molecule has 18 heavy (non-hydrogen) atoms. The maximum absolute atomic E-state index is 11.3. The molecular weight excluding hydrogens is 242 g/mol. The Labute approximate surface area is 104 Å². The Bertz CT molecular complexity index is 336. The summed E-state index contributed by atoms with van der Waals surface area (Å²) in [5.74, 6) is -3.97. The van der Waals surface area contributed by atoms with Crippen molar-refractivity contribution in [2.24, 2.45) is 0 Å². The van der Waals surface area contributed by atoms with Crippen LogP contribution in [0, 0.1) is 0 Å². The van der Waals surface area contributed by atoms with Crippen LogP contribution < -0.4 is 5.32 Å². The summed E-state index contributed by atoms with van der Waals surface area (Å²) in [5, 5.41) is 27.9. The SMILES string of the molecule is O=C(O)/C=C(/C(=O)O)C(=O)NCCCCCCO. The van der Waals surface area contributed by atoms with Gasteiger partial charge in [-0.3, -0.25) is 4.79 Å². The van der Waals surface area contributed by atoms with Crippen LogP contribution in [0.2, 0.25) is 0 Å². The summed E-state index contributed by atoms with van der Waals surface area (Å²) < 4.78 is 0. The van der Waals surface area contributed by atoms with Crippen molar-refractivity contribution in [2.75, 3.05) is 13.2 Å². The highest BCUT2D eigenvalue weighted by Crippen LogP contribution is 1.99. The predicted molar refractivity (Wildman–Crippen MR) is 61.9 cm³/mol. The molecule has 0 aromatic carbocycles. The Kier molecular flexibility index (Phi) is 8.21. The van der Waals surface area contributed by atoms with Gasteiger partial charge in [0, 0.05) is 19.2 Å². The van der Waals surface area contributed by atoms with E-state index in [1.807, 2.05) is 0 Å². The molecule has 0 aliphatic rings. The second kappa shape index (κ2) is 9.17. The number of carboxylic acids is 2. The van der Waals surface area contributed by atoms with Gasteiger partial charge in [-0.15, -0.1) is 0 Å². The van der Waals surface area contributed by atoms with E-state index in [4.69, 9.17) is 15.3 Å². The smallest absolute Gasteiger partial charge is 0.341 e. The minimum atomic E-state index is -1.57. The van der Waals surface area contributed by atoms with Crippen molar-refractivity contribution in [1.29, 1.82) is 0 Å². The van der Waals surface area contributed by atoms with Crippen molar-refractivity contribution in [1.82, 2.24) is 5.32 Å². The number of hydrogen-bond acceptors (Lipinski definition) is 4. The Morgan fingerprint density at radius 2 is 1.61 bits per heavy atom. The lowest BCUT2D eigenvalue weighted by atomic mass is 10.2. The Morgan fingerprint density at radius 1 is 1.00 bits per heavy atom. The molecule has 0 fully saturated rings. The van der Waals surface area contributed by atoms with Gasteiger partial charge < -0.3 is 20.6 Å². The predicted octanol–water partition coefficient (Wildman–Crippen LogP) is -0.249. The van der Waals surface area contributed by atoms with Crippen molar-refractivity contribution in [3.63, 3.8) is 0 Å². The van der Waals surface area contributed by atoms with Crippen LogP contribution in [-0.2, 0) is 14.4 Å². The molecule has 0 saturated carbocycles. The van der Waals surface area contributed by atoms with Gasteiger partial charge in [0.25, 0.3) is 5.91 Å². The topological polar surface area (TPSA) is 124 Å². The maximum Gasteiger partial charge on any atom is 0.341 e. The van der Waals surface area contributed by atoms with Gasteiger partial charge in [0.1, 0.15) is 5.57 Å². The molecular formula is C11H17NO6. The average Bonchev–Trinajstić information content (AvgIpc) is 2.29. The molecule has 0 aromatic heterocycles. The van der Waals surface area contributed by atoms with Gasteiger partial charge in [0.15, 0.2) is 0 Å². The van der Waals surface area contributed by atoms with Gasteiger partial charge >= 0.3 is 11.9 Å². The monoisotopic (exact) mass is 259 g/mol. The first kappa shape index (κ1) is 16.1. The molecule has 0 unspecified atom stereocenters. The molecule has 1 amide bonds. The molecule has 7 nitrogen and oxygen atoms in total. The van der Waals surface area contributed by atoms with Crippen LogP contribution in [0.5, 0.6) is 0 Å². The number of aliphatic hydroxyl groups is 1. The largest absolute Gasteiger partial charge is 0.478 e. The fourth-order valence-corrected chi connectivity index (χ4v) is 1.24. The third-order valence-corrected chi connectivity index (χ3v) is 2.11. The number of aliphatic hydroxyl groups excluding tert-OH is 1. The van der Waals surface area contributed by atoms with Gasteiger partial charge in [-0.1, -0.05) is 12.8 Å².